The Morgan fingerprint density at radius 1 is 0.667 bits per heavy atom. The first kappa shape index (κ1) is 95.8. The van der Waals surface area contributed by atoms with Crippen molar-refractivity contribution in [2.75, 3.05) is 163 Å². The minimum absolute atomic E-state index is 0.0524. The van der Waals surface area contributed by atoms with Gasteiger partial charge in [-0.05, 0) is 80.5 Å². The molecule has 2 aromatic heterocycles. The van der Waals surface area contributed by atoms with Crippen LogP contribution in [-0.2, 0) is 85.7 Å². The summed E-state index contributed by atoms with van der Waals surface area (Å²) < 4.78 is 125. The average molecular weight is 1720 g/mol. The number of carboxylic acids is 4. The lowest BCUT2D eigenvalue weighted by molar-refractivity contribution is -0.302. The smallest absolute Gasteiger partial charge is 0.323 e. The number of amides is 5. The van der Waals surface area contributed by atoms with Crippen LogP contribution in [0.5, 0.6) is 5.75 Å². The molecule has 7 rings (SSSR count). The summed E-state index contributed by atoms with van der Waals surface area (Å²) in [6, 6.07) is 4.83. The summed E-state index contributed by atoms with van der Waals surface area (Å²) in [7, 11) is -12.4. The maximum atomic E-state index is 13.9. The Morgan fingerprint density at radius 2 is 1.21 bits per heavy atom. The molecule has 2 aliphatic heterocycles. The van der Waals surface area contributed by atoms with E-state index in [0.29, 0.717) is 56.2 Å². The van der Waals surface area contributed by atoms with Crippen molar-refractivity contribution in [2.24, 2.45) is 13.0 Å². The van der Waals surface area contributed by atoms with E-state index < -0.39 is 164 Å². The Labute approximate surface area is 676 Å². The standard InChI is InChI=1S/C70H108N14O30S3/c1-44-33-47(34-45(2)63(44)115(101,102)79-51(67(98)99)38-76-65(96)49-39-80(3)52-35-46(8-9-48(52)61(49)94)37-77-69-74-14-15-75-69)112-27-4-7-54(85)71-12-5-25-109-29-31-111-32-30-110-26-6-13-73-66(97)50(10-11-55(86)72-16-28-113-68-62(95)64(116(103,104)105)60-53(114-68)36-70(60,100)117(106,107)108)78-56(87)40-81-17-19-82(41-57(88)89)21-23-84(43-59(92)93)24-22-83(20-18-81)42-58(90)91/h8-9,14-15,33-35,39,50-51,53,60,62,64,68,79,95,100,103-108H,4-7,10-13,16-32,36-38,40-43H2,1-3H3,(H,71,85)(H,72,86)(H,73,97)(H,76,96)(H,78,87)(H,88,89)(H,90,91)(H,92,93)(H,98,99)(H2,74,75,77)/t50-,51+,53?,60?,62?,64?,68?,70?/m1/s1. The van der Waals surface area contributed by atoms with Gasteiger partial charge < -0.3 is 128 Å². The van der Waals surface area contributed by atoms with E-state index in [-0.39, 0.29) is 170 Å². The maximum absolute atomic E-state index is 13.9. The van der Waals surface area contributed by atoms with Crippen LogP contribution in [0, 0.1) is 19.8 Å². The van der Waals surface area contributed by atoms with Crippen LogP contribution >= 0.6 is 21.7 Å². The van der Waals surface area contributed by atoms with Crippen molar-refractivity contribution < 1.29 is 138 Å². The van der Waals surface area contributed by atoms with Gasteiger partial charge in [-0.2, -0.15) is 4.72 Å². The fourth-order valence-corrected chi connectivity index (χ4v) is 17.5. The Balaban J connectivity index is 0.779. The SMILES string of the molecule is Cc1cc(OCCCC(=O)NCCCOCCOCCOCCCNC(=O)[C@@H](CCC(=O)NCCOC2OC3CC(O)(S(O)(O)O)C3C(S(O)(O)O)C2O)NC(=O)CN2CCN(CC(=O)O)CCN(CC(=O)O)CCN(CC(=O)O)CC2)cc(C)c1S(=O)(=O)N[C@@H](CNC(=O)c1cn(C)c2cc(CNc3ncc[nH]3)ccc2c1=O)C(=O)O. The highest BCUT2D eigenvalue weighted by atomic mass is 32.3. The van der Waals surface area contributed by atoms with Crippen molar-refractivity contribution in [1.29, 1.82) is 0 Å². The number of anilines is 1. The molecule has 3 aliphatic rings. The Morgan fingerprint density at radius 3 is 1.75 bits per heavy atom. The van der Waals surface area contributed by atoms with Gasteiger partial charge in [0.05, 0.1) is 98.5 Å². The van der Waals surface area contributed by atoms with E-state index in [1.165, 1.54) is 32.2 Å². The number of nitrogens with zero attached hydrogens (tertiary/aromatic N) is 6. The summed E-state index contributed by atoms with van der Waals surface area (Å²) in [6.07, 6.45) is -0.589. The molecule has 0 radical (unpaired) electrons. The number of H-pyrrole nitrogens is 1. The van der Waals surface area contributed by atoms with Crippen LogP contribution in [-0.4, -0.2) is 352 Å². The van der Waals surface area contributed by atoms with Crippen molar-refractivity contribution in [1.82, 2.24) is 65.4 Å². The number of carbonyl (C=O) groups is 9. The number of imidazole rings is 1. The van der Waals surface area contributed by atoms with Crippen LogP contribution in [0.25, 0.3) is 10.9 Å². The summed E-state index contributed by atoms with van der Waals surface area (Å²) in [5.74, 6) is -9.11. The van der Waals surface area contributed by atoms with Crippen LogP contribution in [0.2, 0.25) is 0 Å². The minimum atomic E-state index is -4.77. The van der Waals surface area contributed by atoms with Crippen molar-refractivity contribution in [3.63, 3.8) is 0 Å². The van der Waals surface area contributed by atoms with Gasteiger partial charge in [-0.15, -0.1) is 0 Å². The number of pyridine rings is 1. The predicted octanol–water partition coefficient (Wildman–Crippen LogP) is -1.64. The number of aliphatic hydroxyl groups excluding tert-OH is 1. The van der Waals surface area contributed by atoms with E-state index in [1.54, 1.807) is 61.8 Å². The van der Waals surface area contributed by atoms with Crippen LogP contribution in [0.4, 0.5) is 5.95 Å². The summed E-state index contributed by atoms with van der Waals surface area (Å²) in [4.78, 5) is 138. The second kappa shape index (κ2) is 45.7. The molecule has 1 saturated carbocycles. The van der Waals surface area contributed by atoms with Gasteiger partial charge in [-0.3, -0.25) is 67.5 Å². The highest BCUT2D eigenvalue weighted by Gasteiger charge is 2.72. The number of hydrogen-bond acceptors (Lipinski definition) is 32. The van der Waals surface area contributed by atoms with Gasteiger partial charge in [0.1, 0.15) is 40.4 Å². The average Bonchev–Trinajstić information content (AvgIpc) is 0.939. The third-order valence-corrected chi connectivity index (χ3v) is 23.7. The number of benzene rings is 2. The molecule has 2 aromatic carbocycles. The zero-order valence-corrected chi connectivity index (χ0v) is 67.4. The lowest BCUT2D eigenvalue weighted by Gasteiger charge is -2.62. The van der Waals surface area contributed by atoms with Crippen LogP contribution in [0.1, 0.15) is 72.0 Å². The van der Waals surface area contributed by atoms with E-state index in [9.17, 15) is 114 Å². The highest BCUT2D eigenvalue weighted by Crippen LogP contribution is 2.68. The molecular formula is C70H108N14O30S3. The van der Waals surface area contributed by atoms with Crippen molar-refractivity contribution in [3.8, 4) is 5.75 Å². The molecule has 44 nitrogen and oxygen atoms in total. The van der Waals surface area contributed by atoms with E-state index in [1.807, 2.05) is 0 Å². The second-order valence-electron chi connectivity index (χ2n) is 28.2. The number of carboxylic acid groups (broad SMARTS) is 4. The van der Waals surface area contributed by atoms with Gasteiger partial charge in [-0.1, -0.05) is 6.07 Å². The van der Waals surface area contributed by atoms with Crippen molar-refractivity contribution >= 4 is 102 Å². The van der Waals surface area contributed by atoms with Crippen LogP contribution in [0.15, 0.2) is 58.6 Å². The first-order chi connectivity index (χ1) is 55.3. The number of aromatic amines is 1. The lowest BCUT2D eigenvalue weighted by Crippen LogP contribution is -2.72. The normalized spacial score (nSPS) is 20.2. The number of aliphatic carboxylic acids is 4. The lowest BCUT2D eigenvalue weighted by atomic mass is 9.72. The predicted molar refractivity (Wildman–Crippen MR) is 419 cm³/mol. The molecule has 3 fully saturated rings. The van der Waals surface area contributed by atoms with E-state index in [4.69, 9.17) is 28.4 Å². The molecule has 2 saturated heterocycles. The zero-order valence-electron chi connectivity index (χ0n) is 64.9. The zero-order chi connectivity index (χ0) is 85.8. The van der Waals surface area contributed by atoms with E-state index >= 15 is 0 Å². The van der Waals surface area contributed by atoms with Crippen LogP contribution < -0.4 is 46.8 Å². The largest absolute Gasteiger partial charge is 0.494 e. The molecule has 0 bridgehead atoms. The van der Waals surface area contributed by atoms with Crippen molar-refractivity contribution in [3.05, 3.63) is 81.4 Å². The molecule has 6 unspecified atom stereocenters. The van der Waals surface area contributed by atoms with Gasteiger partial charge in [-0.25, -0.2) is 13.4 Å². The number of ether oxygens (including phenoxy) is 6. The molecular weight excluding hydrogens is 1610 g/mol. The highest BCUT2D eigenvalue weighted by molar-refractivity contribution is 8.21. The molecule has 1 aliphatic carbocycles. The maximum Gasteiger partial charge on any atom is 0.323 e. The molecule has 8 atom stereocenters. The number of aromatic nitrogens is 3. The molecule has 4 aromatic rings. The number of rotatable bonds is 48. The van der Waals surface area contributed by atoms with Gasteiger partial charge in [0.25, 0.3) is 5.91 Å². The third-order valence-electron chi connectivity index (χ3n) is 19.3. The number of aliphatic hydroxyl groups is 2. The third kappa shape index (κ3) is 30.1. The fraction of sp³-hybridized carbons (Fsp3) is 0.614. The van der Waals surface area contributed by atoms with Gasteiger partial charge in [0.2, 0.25) is 39.1 Å². The summed E-state index contributed by atoms with van der Waals surface area (Å²) >= 11 is 0. The summed E-state index contributed by atoms with van der Waals surface area (Å²) in [5.41, 5.74) is 0.923. The van der Waals surface area contributed by atoms with E-state index in [2.05, 4.69) is 46.6 Å². The summed E-state index contributed by atoms with van der Waals surface area (Å²) in [6.45, 7) is 3.07. The molecule has 20 N–H and O–H groups in total. The van der Waals surface area contributed by atoms with Gasteiger partial charge in [0, 0.05) is 155 Å². The Kier molecular flexibility index (Phi) is 37.4. The number of aryl methyl sites for hydroxylation is 3. The molecule has 0 spiro atoms. The number of fused-ring (bicyclic) bond motifs is 2. The minimum Gasteiger partial charge on any atom is -0.494 e. The van der Waals surface area contributed by atoms with E-state index in [0.717, 1.165) is 5.56 Å². The first-order valence-corrected chi connectivity index (χ1v) is 42.1. The number of sulfonamides is 1. The van der Waals surface area contributed by atoms with Crippen molar-refractivity contribution in [2.45, 2.75) is 111 Å². The Hall–Kier alpha value is -8.38. The summed E-state index contributed by atoms with van der Waals surface area (Å²) in [5, 5.41) is 74.9. The Bertz CT molecular complexity index is 4120. The fourth-order valence-electron chi connectivity index (χ4n) is 13.4. The number of nitrogens with one attached hydrogen (secondary N) is 8. The molecule has 656 valence electrons. The van der Waals surface area contributed by atoms with Crippen LogP contribution in [0.3, 0.4) is 0 Å². The first-order valence-electron chi connectivity index (χ1n) is 37.5. The second-order valence-corrected chi connectivity index (χ2v) is 33.3. The molecule has 117 heavy (non-hydrogen) atoms. The molecule has 4 heterocycles. The quantitative estimate of drug-likeness (QED) is 0.0220. The monoisotopic (exact) mass is 1720 g/mol. The molecule has 47 heteroatoms. The number of carbonyl (C=O) groups excluding carboxylic acids is 5. The number of hydrogen-bond donors (Lipinski definition) is 20. The van der Waals surface area contributed by atoms with Gasteiger partial charge in [0.15, 0.2) is 17.2 Å². The topological polar surface area (TPSA) is 634 Å². The van der Waals surface area contributed by atoms with Gasteiger partial charge >= 0.3 is 23.9 Å². The molecule has 5 amide bonds.